The molecule has 0 bridgehead atoms. The zero-order valence-electron chi connectivity index (χ0n) is 16.6. The molecule has 1 N–H and O–H groups in total. The van der Waals surface area contributed by atoms with E-state index in [1.165, 1.54) is 6.33 Å². The monoisotopic (exact) mass is 440 g/mol. The van der Waals surface area contributed by atoms with E-state index in [0.717, 1.165) is 12.8 Å². The first-order chi connectivity index (χ1) is 15.3. The van der Waals surface area contributed by atoms with Crippen LogP contribution in [0, 0.1) is 11.3 Å². The molecule has 3 atom stereocenters. The van der Waals surface area contributed by atoms with Crippen LogP contribution in [0.5, 0.6) is 0 Å². The van der Waals surface area contributed by atoms with Crippen LogP contribution in [-0.2, 0) is 13.8 Å². The fourth-order valence-corrected chi connectivity index (χ4v) is 3.77. The van der Waals surface area contributed by atoms with Crippen LogP contribution in [0.2, 0.25) is 0 Å². The van der Waals surface area contributed by atoms with Crippen molar-refractivity contribution < 1.29 is 18.6 Å². The number of hydrogen-bond acceptors (Lipinski definition) is 8. The second-order valence-corrected chi connectivity index (χ2v) is 7.55. The van der Waals surface area contributed by atoms with Gasteiger partial charge < -0.3 is 19.1 Å². The number of aromatic nitrogens is 4. The number of anilines is 1. The smallest absolute Gasteiger partial charge is 0.256 e. The highest BCUT2D eigenvalue weighted by Gasteiger charge is 2.28. The minimum absolute atomic E-state index is 0.0615. The van der Waals surface area contributed by atoms with E-state index in [2.05, 4.69) is 20.3 Å². The molecule has 2 aromatic heterocycles. The third-order valence-electron chi connectivity index (χ3n) is 4.73. The van der Waals surface area contributed by atoms with Crippen LogP contribution in [0.25, 0.3) is 11.2 Å². The van der Waals surface area contributed by atoms with Crippen molar-refractivity contribution in [3.63, 3.8) is 0 Å². The molecule has 3 aromatic rings. The number of nitrogens with one attached hydrogen (secondary N) is 1. The van der Waals surface area contributed by atoms with Crippen molar-refractivity contribution in [1.82, 2.24) is 19.5 Å². The summed E-state index contributed by atoms with van der Waals surface area (Å²) < 4.78 is 18.7. The van der Waals surface area contributed by atoms with Crippen molar-refractivity contribution in [3.8, 4) is 6.07 Å². The lowest BCUT2D eigenvalue weighted by Crippen LogP contribution is -2.15. The number of nitrogens with zero attached hydrogens (tertiary/aromatic N) is 5. The zero-order valence-corrected chi connectivity index (χ0v) is 17.6. The number of amides is 1. The van der Waals surface area contributed by atoms with Crippen LogP contribution in [0.15, 0.2) is 43.0 Å². The maximum absolute atomic E-state index is 12.5. The SMILES string of the molecule is N#CCCOPOC[C@@H]1CC[C@H](n2cnc3c(NC(=O)c4ccccc4)ncnc32)O1. The summed E-state index contributed by atoms with van der Waals surface area (Å²) >= 11 is 0. The second-order valence-electron chi connectivity index (χ2n) is 6.81. The number of imidazole rings is 1. The normalized spacial score (nSPS) is 18.5. The molecular weight excluding hydrogens is 419 g/mol. The Kier molecular flexibility index (Phi) is 7.12. The number of rotatable bonds is 9. The minimum atomic E-state index is -0.262. The highest BCUT2D eigenvalue weighted by Crippen LogP contribution is 2.32. The van der Waals surface area contributed by atoms with Crippen LogP contribution in [0.3, 0.4) is 0 Å². The molecule has 1 unspecified atom stereocenters. The van der Waals surface area contributed by atoms with E-state index in [0.29, 0.717) is 42.2 Å². The van der Waals surface area contributed by atoms with Gasteiger partial charge in [-0.15, -0.1) is 0 Å². The minimum Gasteiger partial charge on any atom is -0.352 e. The molecule has 1 aliphatic rings. The van der Waals surface area contributed by atoms with Gasteiger partial charge in [-0.25, -0.2) is 15.0 Å². The Hall–Kier alpha value is -2.96. The van der Waals surface area contributed by atoms with E-state index in [-0.39, 0.29) is 27.3 Å². The molecule has 3 heterocycles. The van der Waals surface area contributed by atoms with Gasteiger partial charge in [0, 0.05) is 5.56 Å². The Morgan fingerprint density at radius 1 is 1.26 bits per heavy atom. The van der Waals surface area contributed by atoms with Crippen molar-refractivity contribution in [3.05, 3.63) is 48.5 Å². The van der Waals surface area contributed by atoms with Crippen molar-refractivity contribution in [2.24, 2.45) is 0 Å². The van der Waals surface area contributed by atoms with E-state index in [1.807, 2.05) is 16.7 Å². The molecule has 0 spiro atoms. The molecule has 160 valence electrons. The highest BCUT2D eigenvalue weighted by atomic mass is 31.1. The number of fused-ring (bicyclic) bond motifs is 1. The summed E-state index contributed by atoms with van der Waals surface area (Å²) in [6.45, 7) is 0.786. The molecule has 0 saturated carbocycles. The molecule has 10 nitrogen and oxygen atoms in total. The topological polar surface area (TPSA) is 124 Å². The maximum atomic E-state index is 12.5. The first-order valence-electron chi connectivity index (χ1n) is 9.81. The Morgan fingerprint density at radius 3 is 2.97 bits per heavy atom. The number of nitriles is 1. The number of hydrogen-bond donors (Lipinski definition) is 1. The van der Waals surface area contributed by atoms with Gasteiger partial charge in [0.2, 0.25) is 0 Å². The van der Waals surface area contributed by atoms with Gasteiger partial charge in [0.15, 0.2) is 26.0 Å². The predicted octanol–water partition coefficient (Wildman–Crippen LogP) is 3.21. The van der Waals surface area contributed by atoms with Crippen LogP contribution in [-0.4, -0.2) is 44.7 Å². The van der Waals surface area contributed by atoms with Gasteiger partial charge in [-0.2, -0.15) is 5.26 Å². The van der Waals surface area contributed by atoms with Gasteiger partial charge in [-0.1, -0.05) is 18.2 Å². The van der Waals surface area contributed by atoms with E-state index in [4.69, 9.17) is 19.0 Å². The summed E-state index contributed by atoms with van der Waals surface area (Å²) in [4.78, 5) is 25.4. The van der Waals surface area contributed by atoms with E-state index >= 15 is 0 Å². The third-order valence-corrected chi connectivity index (χ3v) is 5.33. The summed E-state index contributed by atoms with van der Waals surface area (Å²) in [5, 5.41) is 11.3. The molecule has 1 amide bonds. The van der Waals surface area contributed by atoms with Gasteiger partial charge in [-0.05, 0) is 25.0 Å². The van der Waals surface area contributed by atoms with Crippen LogP contribution >= 0.6 is 9.03 Å². The summed E-state index contributed by atoms with van der Waals surface area (Å²) in [5.74, 6) is 0.0912. The second kappa shape index (κ2) is 10.4. The standard InChI is InChI=1S/C20H21N6O4P/c21-9-4-10-28-31-29-11-15-7-8-16(30-15)26-13-24-17-18(22-12-23-19(17)26)25-20(27)14-5-2-1-3-6-14/h1-3,5-6,12-13,15-16,31H,4,7-8,10-11H2,(H,22,23,25,27)/t15-,16+/m0/s1. The van der Waals surface area contributed by atoms with Gasteiger partial charge in [0.25, 0.3) is 5.91 Å². The van der Waals surface area contributed by atoms with Gasteiger partial charge in [0.05, 0.1) is 38.1 Å². The molecule has 31 heavy (non-hydrogen) atoms. The molecule has 1 saturated heterocycles. The van der Waals surface area contributed by atoms with Gasteiger partial charge >= 0.3 is 0 Å². The van der Waals surface area contributed by atoms with Gasteiger partial charge in [-0.3, -0.25) is 9.36 Å². The predicted molar refractivity (Wildman–Crippen MR) is 113 cm³/mol. The summed E-state index contributed by atoms with van der Waals surface area (Å²) in [6, 6.07) is 10.9. The van der Waals surface area contributed by atoms with E-state index in [9.17, 15) is 4.79 Å². The quantitative estimate of drug-likeness (QED) is 0.397. The lowest BCUT2D eigenvalue weighted by molar-refractivity contribution is -0.0153. The van der Waals surface area contributed by atoms with Crippen LogP contribution in [0.4, 0.5) is 5.82 Å². The highest BCUT2D eigenvalue weighted by molar-refractivity contribution is 7.26. The molecule has 1 fully saturated rings. The first-order valence-corrected chi connectivity index (χ1v) is 10.6. The Bertz CT molecular complexity index is 1070. The average Bonchev–Trinajstić information content (AvgIpc) is 3.44. The maximum Gasteiger partial charge on any atom is 0.256 e. The first kappa shape index (κ1) is 21.3. The van der Waals surface area contributed by atoms with E-state index in [1.54, 1.807) is 30.6 Å². The molecule has 0 radical (unpaired) electrons. The molecule has 11 heteroatoms. The van der Waals surface area contributed by atoms with E-state index < -0.39 is 0 Å². The summed E-state index contributed by atoms with van der Waals surface area (Å²) in [7, 11) is -0.110. The lowest BCUT2D eigenvalue weighted by atomic mass is 10.2. The molecule has 0 aliphatic carbocycles. The number of ether oxygens (including phenoxy) is 1. The fourth-order valence-electron chi connectivity index (χ4n) is 3.24. The van der Waals surface area contributed by atoms with Crippen molar-refractivity contribution in [1.29, 1.82) is 5.26 Å². The fraction of sp³-hybridized carbons (Fsp3) is 0.350. The van der Waals surface area contributed by atoms with Gasteiger partial charge in [0.1, 0.15) is 12.6 Å². The zero-order chi connectivity index (χ0) is 21.5. The number of carbonyl (C=O) groups is 1. The number of benzene rings is 1. The van der Waals surface area contributed by atoms with Crippen molar-refractivity contribution in [2.75, 3.05) is 18.5 Å². The Morgan fingerprint density at radius 2 is 2.13 bits per heavy atom. The third kappa shape index (κ3) is 5.21. The molecule has 1 aliphatic heterocycles. The van der Waals surface area contributed by atoms with Crippen LogP contribution in [0.1, 0.15) is 35.8 Å². The Balaban J connectivity index is 1.38. The van der Waals surface area contributed by atoms with Crippen molar-refractivity contribution >= 4 is 31.9 Å². The Labute approximate surface area is 180 Å². The van der Waals surface area contributed by atoms with Crippen LogP contribution < -0.4 is 5.32 Å². The molecule has 1 aromatic carbocycles. The molecular formula is C20H21N6O4P. The van der Waals surface area contributed by atoms with Crippen molar-refractivity contribution in [2.45, 2.75) is 31.6 Å². The largest absolute Gasteiger partial charge is 0.352 e. The summed E-state index contributed by atoms with van der Waals surface area (Å²) in [6.07, 6.45) is 4.72. The summed E-state index contributed by atoms with van der Waals surface area (Å²) in [5.41, 5.74) is 1.63. The lowest BCUT2D eigenvalue weighted by Gasteiger charge is -2.15. The average molecular weight is 440 g/mol. The molecule has 4 rings (SSSR count). The number of carbonyl (C=O) groups excluding carboxylic acids is 1.